The Morgan fingerprint density at radius 2 is 1.96 bits per heavy atom. The molecule has 1 aromatic rings. The Hall–Kier alpha value is -1.52. The van der Waals surface area contributed by atoms with Crippen LogP contribution in [-0.2, 0) is 16.6 Å². The Kier molecular flexibility index (Phi) is 4.63. The Morgan fingerprint density at radius 3 is 2.60 bits per heavy atom. The van der Waals surface area contributed by atoms with Crippen molar-refractivity contribution in [2.24, 2.45) is 5.92 Å². The summed E-state index contributed by atoms with van der Waals surface area (Å²) in [6.07, 6.45) is -4.58. The second-order valence-corrected chi connectivity index (χ2v) is 8.72. The van der Waals surface area contributed by atoms with E-state index < -0.39 is 27.4 Å². The first-order valence-electron chi connectivity index (χ1n) is 7.68. The van der Waals surface area contributed by atoms with Crippen LogP contribution < -0.4 is 9.47 Å². The number of sulfonamides is 1. The van der Waals surface area contributed by atoms with Crippen LogP contribution in [-0.4, -0.2) is 63.0 Å². The number of para-hydroxylation sites is 1. The number of benzene rings is 1. The van der Waals surface area contributed by atoms with Gasteiger partial charge in [-0.3, -0.25) is 4.90 Å². The van der Waals surface area contributed by atoms with Crippen LogP contribution in [0.4, 0.5) is 13.2 Å². The van der Waals surface area contributed by atoms with Gasteiger partial charge in [0, 0.05) is 39.3 Å². The normalized spacial score (nSPS) is 24.2. The molecule has 0 N–H and O–H groups in total. The molecule has 0 amide bonds. The average molecular weight is 380 g/mol. The lowest BCUT2D eigenvalue weighted by atomic mass is 10.1. The molecule has 3 rings (SSSR count). The number of halogens is 3. The molecule has 2 aliphatic heterocycles. The number of likely N-dealkylation sites (tertiary alicyclic amines) is 1. The van der Waals surface area contributed by atoms with Crippen molar-refractivity contribution in [3.8, 4) is 11.5 Å². The van der Waals surface area contributed by atoms with E-state index in [0.717, 1.165) is 4.31 Å². The third-order valence-corrected chi connectivity index (χ3v) is 6.79. The van der Waals surface area contributed by atoms with Crippen LogP contribution in [0.15, 0.2) is 18.2 Å². The number of hydrogen-bond donors (Lipinski definition) is 0. The van der Waals surface area contributed by atoms with Gasteiger partial charge in [-0.25, -0.2) is 12.7 Å². The maximum absolute atomic E-state index is 13.4. The van der Waals surface area contributed by atoms with Crippen molar-refractivity contribution in [3.63, 3.8) is 0 Å². The molecule has 0 spiro atoms. The molecule has 2 aliphatic rings. The zero-order valence-corrected chi connectivity index (χ0v) is 14.6. The summed E-state index contributed by atoms with van der Waals surface area (Å²) < 4.78 is 76.3. The second-order valence-electron chi connectivity index (χ2n) is 6.36. The van der Waals surface area contributed by atoms with Crippen LogP contribution in [0.3, 0.4) is 0 Å². The lowest BCUT2D eigenvalue weighted by Gasteiger charge is -2.24. The van der Waals surface area contributed by atoms with Crippen LogP contribution in [0.25, 0.3) is 0 Å². The summed E-state index contributed by atoms with van der Waals surface area (Å²) in [6, 6.07) is 5.19. The van der Waals surface area contributed by atoms with E-state index in [-0.39, 0.29) is 26.4 Å². The van der Waals surface area contributed by atoms with Crippen molar-refractivity contribution in [3.05, 3.63) is 23.8 Å². The topological polar surface area (TPSA) is 59.1 Å². The fourth-order valence-electron chi connectivity index (χ4n) is 3.22. The average Bonchev–Trinajstić information content (AvgIpc) is 3.13. The summed E-state index contributed by atoms with van der Waals surface area (Å²) in [5.41, 5.74) is 0.679. The maximum Gasteiger partial charge on any atom is 0.394 e. The van der Waals surface area contributed by atoms with Crippen molar-refractivity contribution in [1.82, 2.24) is 9.21 Å². The van der Waals surface area contributed by atoms with Gasteiger partial charge in [0.25, 0.3) is 0 Å². The molecule has 1 aromatic carbocycles. The van der Waals surface area contributed by atoms with Crippen molar-refractivity contribution in [2.75, 3.05) is 34.0 Å². The third-order valence-electron chi connectivity index (χ3n) is 4.53. The van der Waals surface area contributed by atoms with E-state index in [4.69, 9.17) is 9.47 Å². The highest BCUT2D eigenvalue weighted by Crippen LogP contribution is 2.40. The number of alkyl halides is 3. The van der Waals surface area contributed by atoms with Gasteiger partial charge >= 0.3 is 6.18 Å². The summed E-state index contributed by atoms with van der Waals surface area (Å²) in [6.45, 7) is -0.325. The van der Waals surface area contributed by atoms with Crippen LogP contribution >= 0.6 is 0 Å². The molecule has 0 saturated carbocycles. The lowest BCUT2D eigenvalue weighted by molar-refractivity contribution is -0.169. The Morgan fingerprint density at radius 1 is 1.24 bits per heavy atom. The van der Waals surface area contributed by atoms with Gasteiger partial charge in [-0.15, -0.1) is 0 Å². The predicted octanol–water partition coefficient (Wildman–Crippen LogP) is 1.67. The number of rotatable bonds is 4. The van der Waals surface area contributed by atoms with Gasteiger partial charge < -0.3 is 9.47 Å². The summed E-state index contributed by atoms with van der Waals surface area (Å²) in [4.78, 5) is 1.50. The molecular weight excluding hydrogens is 361 g/mol. The van der Waals surface area contributed by atoms with E-state index in [1.165, 1.54) is 19.0 Å². The zero-order valence-electron chi connectivity index (χ0n) is 13.8. The van der Waals surface area contributed by atoms with E-state index in [0.29, 0.717) is 17.1 Å². The van der Waals surface area contributed by atoms with Crippen molar-refractivity contribution in [2.45, 2.75) is 18.0 Å². The van der Waals surface area contributed by atoms with Crippen molar-refractivity contribution >= 4 is 10.0 Å². The van der Waals surface area contributed by atoms with E-state index >= 15 is 0 Å². The molecule has 1 fully saturated rings. The van der Waals surface area contributed by atoms with Gasteiger partial charge in [-0.05, 0) is 6.07 Å². The van der Waals surface area contributed by atoms with Gasteiger partial charge in [-0.2, -0.15) is 13.2 Å². The van der Waals surface area contributed by atoms with Crippen LogP contribution in [0, 0.1) is 5.92 Å². The maximum atomic E-state index is 13.4. The minimum absolute atomic E-state index is 0.0646. The minimum Gasteiger partial charge on any atom is -0.454 e. The molecular formula is C15H19F3N2O4S. The van der Waals surface area contributed by atoms with Gasteiger partial charge in [-0.1, -0.05) is 12.1 Å². The van der Waals surface area contributed by atoms with E-state index in [1.807, 2.05) is 0 Å². The Bertz CT molecular complexity index is 752. The molecule has 0 bridgehead atoms. The van der Waals surface area contributed by atoms with E-state index in [9.17, 15) is 21.6 Å². The monoisotopic (exact) mass is 380 g/mol. The first kappa shape index (κ1) is 18.3. The largest absolute Gasteiger partial charge is 0.454 e. The highest BCUT2D eigenvalue weighted by Gasteiger charge is 2.55. The minimum atomic E-state index is -4.58. The first-order valence-corrected chi connectivity index (χ1v) is 9.19. The van der Waals surface area contributed by atoms with Gasteiger partial charge in [0.1, 0.15) is 5.25 Å². The smallest absolute Gasteiger partial charge is 0.394 e. The van der Waals surface area contributed by atoms with Crippen molar-refractivity contribution < 1.29 is 31.1 Å². The Balaban J connectivity index is 1.84. The molecule has 0 aromatic heterocycles. The third kappa shape index (κ3) is 3.42. The summed E-state index contributed by atoms with van der Waals surface area (Å²) >= 11 is 0. The predicted molar refractivity (Wildman–Crippen MR) is 83.8 cm³/mol. The molecule has 6 nitrogen and oxygen atoms in total. The van der Waals surface area contributed by atoms with Gasteiger partial charge in [0.05, 0.1) is 5.92 Å². The molecule has 140 valence electrons. The fraction of sp³-hybridized carbons (Fsp3) is 0.600. The molecule has 2 heterocycles. The number of nitrogens with zero attached hydrogens (tertiary/aromatic N) is 2. The van der Waals surface area contributed by atoms with Gasteiger partial charge in [0.15, 0.2) is 11.5 Å². The van der Waals surface area contributed by atoms with E-state index in [2.05, 4.69) is 0 Å². The Labute approximate surface area is 144 Å². The molecule has 10 heteroatoms. The molecule has 0 aliphatic carbocycles. The first-order chi connectivity index (χ1) is 11.6. The molecule has 0 unspecified atom stereocenters. The molecule has 1 saturated heterocycles. The number of hydrogen-bond acceptors (Lipinski definition) is 5. The van der Waals surface area contributed by atoms with Crippen LogP contribution in [0.5, 0.6) is 11.5 Å². The molecule has 0 radical (unpaired) electrons. The highest BCUT2D eigenvalue weighted by molar-refractivity contribution is 7.89. The fourth-order valence-corrected chi connectivity index (χ4v) is 4.82. The summed E-state index contributed by atoms with van der Waals surface area (Å²) in [7, 11) is -1.53. The SMILES string of the molecule is CN(C)S(=O)(=O)[C@@H]1CN(Cc2cccc3c2OCO3)C[C@H]1C(F)(F)F. The second kappa shape index (κ2) is 6.33. The highest BCUT2D eigenvalue weighted by atomic mass is 32.2. The zero-order chi connectivity index (χ0) is 18.4. The summed E-state index contributed by atoms with van der Waals surface area (Å²) in [5, 5.41) is -1.52. The number of ether oxygens (including phenoxy) is 2. The quantitative estimate of drug-likeness (QED) is 0.795. The van der Waals surface area contributed by atoms with E-state index in [1.54, 1.807) is 18.2 Å². The molecule has 2 atom stereocenters. The van der Waals surface area contributed by atoms with Gasteiger partial charge in [0.2, 0.25) is 16.8 Å². The number of fused-ring (bicyclic) bond motifs is 1. The summed E-state index contributed by atoms with van der Waals surface area (Å²) in [5.74, 6) is -0.875. The standard InChI is InChI=1S/C15H19F3N2O4S/c1-19(2)25(21,22)13-8-20(7-11(13)15(16,17)18)6-10-4-3-5-12-14(10)24-9-23-12/h3-5,11,13H,6-9H2,1-2H3/t11-,13-/m1/s1. The van der Waals surface area contributed by atoms with Crippen LogP contribution in [0.2, 0.25) is 0 Å². The van der Waals surface area contributed by atoms with Crippen molar-refractivity contribution in [1.29, 1.82) is 0 Å². The molecule has 25 heavy (non-hydrogen) atoms. The lowest BCUT2D eigenvalue weighted by Crippen LogP contribution is -2.43. The van der Waals surface area contributed by atoms with Crippen LogP contribution in [0.1, 0.15) is 5.56 Å².